The third-order valence-corrected chi connectivity index (χ3v) is 7.40. The molecule has 2 aromatic heterocycles. The average molecular weight is 449 g/mol. The number of piperazine rings is 1. The zero-order chi connectivity index (χ0) is 19.0. The molecule has 0 bridgehead atoms. The third-order valence-electron chi connectivity index (χ3n) is 4.49. The monoisotopic (exact) mass is 448 g/mol. The molecule has 0 atom stereocenters. The van der Waals surface area contributed by atoms with Gasteiger partial charge in [-0.2, -0.15) is 4.31 Å². The van der Waals surface area contributed by atoms with Crippen molar-refractivity contribution in [3.63, 3.8) is 0 Å². The highest BCUT2D eigenvalue weighted by Gasteiger charge is 2.30. The number of aromatic nitrogens is 3. The van der Waals surface area contributed by atoms with E-state index >= 15 is 0 Å². The van der Waals surface area contributed by atoms with Gasteiger partial charge in [0.05, 0.1) is 10.3 Å². The molecule has 1 fully saturated rings. The molecule has 1 aliphatic heterocycles. The Hall–Kier alpha value is -2.30. The van der Waals surface area contributed by atoms with Crippen molar-refractivity contribution in [2.45, 2.75) is 4.90 Å². The lowest BCUT2D eigenvalue weighted by atomic mass is 10.2. The number of nitrogens with zero attached hydrogens (tertiary/aromatic N) is 5. The van der Waals surface area contributed by atoms with Crippen LogP contribution in [0.3, 0.4) is 0 Å². The van der Waals surface area contributed by atoms with Crippen LogP contribution in [0.5, 0.6) is 0 Å². The van der Waals surface area contributed by atoms with Crippen molar-refractivity contribution >= 4 is 48.6 Å². The summed E-state index contributed by atoms with van der Waals surface area (Å²) in [6.45, 7) is 1.80. The van der Waals surface area contributed by atoms with Crippen molar-refractivity contribution in [2.24, 2.45) is 0 Å². The summed E-state index contributed by atoms with van der Waals surface area (Å²) in [5.74, 6) is 1.14. The molecule has 0 amide bonds. The van der Waals surface area contributed by atoms with Crippen molar-refractivity contribution in [3.8, 4) is 0 Å². The highest BCUT2D eigenvalue weighted by molar-refractivity contribution is 9.10. The maximum Gasteiger partial charge on any atom is 0.244 e. The first-order valence-electron chi connectivity index (χ1n) is 8.34. The number of benzene rings is 1. The summed E-state index contributed by atoms with van der Waals surface area (Å²) >= 11 is 3.33. The number of sulfonamides is 1. The molecule has 140 valence electrons. The summed E-state index contributed by atoms with van der Waals surface area (Å²) in [6.07, 6.45) is 1.45. The van der Waals surface area contributed by atoms with Gasteiger partial charge in [-0.3, -0.25) is 0 Å². The SMILES string of the molecule is Nc1ccc2c(N3CCN(S(=O)(=O)c4ccccc4Br)CC3)ncnc2n1. The zero-order valence-electron chi connectivity index (χ0n) is 14.3. The van der Waals surface area contributed by atoms with Crippen LogP contribution in [0, 0.1) is 0 Å². The number of hydrogen-bond acceptors (Lipinski definition) is 7. The normalized spacial score (nSPS) is 16.0. The highest BCUT2D eigenvalue weighted by Crippen LogP contribution is 2.28. The van der Waals surface area contributed by atoms with E-state index in [0.717, 1.165) is 11.2 Å². The Labute approximate surface area is 165 Å². The molecule has 10 heteroatoms. The van der Waals surface area contributed by atoms with Gasteiger partial charge in [0.25, 0.3) is 0 Å². The third kappa shape index (κ3) is 3.35. The van der Waals surface area contributed by atoms with E-state index in [0.29, 0.717) is 42.1 Å². The second-order valence-corrected chi connectivity index (χ2v) is 8.89. The van der Waals surface area contributed by atoms with E-state index in [1.807, 2.05) is 11.0 Å². The van der Waals surface area contributed by atoms with Crippen LogP contribution in [0.25, 0.3) is 11.0 Å². The Bertz CT molecular complexity index is 1100. The van der Waals surface area contributed by atoms with Gasteiger partial charge in [0.2, 0.25) is 10.0 Å². The van der Waals surface area contributed by atoms with Gasteiger partial charge in [0, 0.05) is 30.7 Å². The number of rotatable bonds is 3. The minimum atomic E-state index is -3.55. The molecule has 2 N–H and O–H groups in total. The Morgan fingerprint density at radius 2 is 1.74 bits per heavy atom. The van der Waals surface area contributed by atoms with Gasteiger partial charge in [-0.15, -0.1) is 0 Å². The van der Waals surface area contributed by atoms with Crippen LogP contribution in [0.1, 0.15) is 0 Å². The second-order valence-electron chi connectivity index (χ2n) is 6.13. The van der Waals surface area contributed by atoms with Crippen LogP contribution in [0.15, 0.2) is 52.1 Å². The van der Waals surface area contributed by atoms with E-state index in [4.69, 9.17) is 5.73 Å². The number of halogens is 1. The largest absolute Gasteiger partial charge is 0.384 e. The fraction of sp³-hybridized carbons (Fsp3) is 0.235. The molecular formula is C17H17BrN6O2S. The Morgan fingerprint density at radius 1 is 1.00 bits per heavy atom. The van der Waals surface area contributed by atoms with Crippen molar-refractivity contribution < 1.29 is 8.42 Å². The number of hydrogen-bond donors (Lipinski definition) is 1. The summed E-state index contributed by atoms with van der Waals surface area (Å²) in [6, 6.07) is 10.4. The fourth-order valence-electron chi connectivity index (χ4n) is 3.13. The van der Waals surface area contributed by atoms with Crippen molar-refractivity contribution in [1.29, 1.82) is 0 Å². The van der Waals surface area contributed by atoms with E-state index in [9.17, 15) is 8.42 Å². The highest BCUT2D eigenvalue weighted by atomic mass is 79.9. The summed E-state index contributed by atoms with van der Waals surface area (Å²) in [5, 5.41) is 0.800. The van der Waals surface area contributed by atoms with E-state index in [2.05, 4.69) is 30.9 Å². The maximum absolute atomic E-state index is 12.9. The van der Waals surface area contributed by atoms with Crippen molar-refractivity contribution in [2.75, 3.05) is 36.8 Å². The van der Waals surface area contributed by atoms with E-state index in [1.165, 1.54) is 10.6 Å². The minimum Gasteiger partial charge on any atom is -0.384 e. The molecular weight excluding hydrogens is 432 g/mol. The van der Waals surface area contributed by atoms with E-state index < -0.39 is 10.0 Å². The van der Waals surface area contributed by atoms with Crippen molar-refractivity contribution in [3.05, 3.63) is 47.2 Å². The van der Waals surface area contributed by atoms with Crippen LogP contribution in [-0.4, -0.2) is 53.9 Å². The molecule has 1 aromatic carbocycles. The predicted molar refractivity (Wildman–Crippen MR) is 107 cm³/mol. The molecule has 1 saturated heterocycles. The number of nitrogen functional groups attached to an aromatic ring is 1. The van der Waals surface area contributed by atoms with Crippen LogP contribution >= 0.6 is 15.9 Å². The molecule has 0 radical (unpaired) electrons. The quantitative estimate of drug-likeness (QED) is 0.651. The summed E-state index contributed by atoms with van der Waals surface area (Å²) < 4.78 is 27.9. The molecule has 0 unspecified atom stereocenters. The van der Waals surface area contributed by atoms with Crippen LogP contribution in [0.2, 0.25) is 0 Å². The number of pyridine rings is 1. The molecule has 0 saturated carbocycles. The minimum absolute atomic E-state index is 0.283. The summed E-state index contributed by atoms with van der Waals surface area (Å²) in [7, 11) is -3.55. The van der Waals surface area contributed by atoms with E-state index in [1.54, 1.807) is 30.3 Å². The summed E-state index contributed by atoms with van der Waals surface area (Å²) in [5.41, 5.74) is 6.25. The van der Waals surface area contributed by atoms with Gasteiger partial charge in [-0.25, -0.2) is 23.4 Å². The predicted octanol–water partition coefficient (Wildman–Crippen LogP) is 1.88. The van der Waals surface area contributed by atoms with E-state index in [-0.39, 0.29) is 4.90 Å². The smallest absolute Gasteiger partial charge is 0.244 e. The molecule has 0 spiro atoms. The second kappa shape index (κ2) is 7.02. The fourth-order valence-corrected chi connectivity index (χ4v) is 5.51. The molecule has 3 heterocycles. The number of nitrogens with two attached hydrogens (primary N) is 1. The first kappa shape index (κ1) is 18.1. The standard InChI is InChI=1S/C17H17BrN6O2S/c18-13-3-1-2-4-14(13)27(25,26)24-9-7-23(8-10-24)17-12-5-6-15(19)22-16(12)20-11-21-17/h1-6,11H,7-10H2,(H2,19,20,21,22). The molecule has 3 aromatic rings. The lowest BCUT2D eigenvalue weighted by molar-refractivity contribution is 0.384. The lowest BCUT2D eigenvalue weighted by Crippen LogP contribution is -2.49. The first-order valence-corrected chi connectivity index (χ1v) is 10.6. The number of anilines is 2. The zero-order valence-corrected chi connectivity index (χ0v) is 16.7. The topological polar surface area (TPSA) is 105 Å². The average Bonchev–Trinajstić information content (AvgIpc) is 2.67. The Morgan fingerprint density at radius 3 is 2.48 bits per heavy atom. The molecule has 8 nitrogen and oxygen atoms in total. The van der Waals surface area contributed by atoms with Gasteiger partial charge < -0.3 is 10.6 Å². The van der Waals surface area contributed by atoms with Gasteiger partial charge in [-0.1, -0.05) is 12.1 Å². The molecule has 27 heavy (non-hydrogen) atoms. The summed E-state index contributed by atoms with van der Waals surface area (Å²) in [4.78, 5) is 15.1. The first-order chi connectivity index (χ1) is 13.0. The molecule has 1 aliphatic rings. The molecule has 4 rings (SSSR count). The van der Waals surface area contributed by atoms with Crippen molar-refractivity contribution in [1.82, 2.24) is 19.3 Å². The van der Waals surface area contributed by atoms with Gasteiger partial charge in [0.1, 0.15) is 18.0 Å². The van der Waals surface area contributed by atoms with Crippen LogP contribution < -0.4 is 10.6 Å². The van der Waals surface area contributed by atoms with Crippen LogP contribution in [0.4, 0.5) is 11.6 Å². The number of fused-ring (bicyclic) bond motifs is 1. The molecule has 0 aliphatic carbocycles. The van der Waals surface area contributed by atoms with Crippen LogP contribution in [-0.2, 0) is 10.0 Å². The van der Waals surface area contributed by atoms with Gasteiger partial charge >= 0.3 is 0 Å². The Balaban J connectivity index is 1.57. The van der Waals surface area contributed by atoms with Gasteiger partial charge in [-0.05, 0) is 40.2 Å². The Kier molecular flexibility index (Phi) is 4.70. The lowest BCUT2D eigenvalue weighted by Gasteiger charge is -2.35. The maximum atomic E-state index is 12.9. The van der Waals surface area contributed by atoms with Gasteiger partial charge in [0.15, 0.2) is 5.65 Å².